The third kappa shape index (κ3) is 4.12. The molecule has 0 aliphatic heterocycles. The molecular weight excluding hydrogens is 422 g/mol. The van der Waals surface area contributed by atoms with Gasteiger partial charge >= 0.3 is 0 Å². The van der Waals surface area contributed by atoms with Crippen LogP contribution in [-0.4, -0.2) is 21.8 Å². The van der Waals surface area contributed by atoms with Gasteiger partial charge in [-0.25, -0.2) is 16.8 Å². The van der Waals surface area contributed by atoms with Crippen molar-refractivity contribution in [3.63, 3.8) is 0 Å². The number of anilines is 2. The van der Waals surface area contributed by atoms with Gasteiger partial charge in [-0.15, -0.1) is 0 Å². The minimum Gasteiger partial charge on any atom is -0.280 e. The minimum absolute atomic E-state index is 0.0378. The van der Waals surface area contributed by atoms with Crippen molar-refractivity contribution in [2.24, 2.45) is 0 Å². The molecule has 1 heterocycles. The molecule has 0 saturated carbocycles. The first-order valence-electron chi connectivity index (χ1n) is 8.90. The molecule has 3 aromatic carbocycles. The molecule has 0 radical (unpaired) electrons. The van der Waals surface area contributed by atoms with E-state index in [1.54, 1.807) is 48.5 Å². The van der Waals surface area contributed by atoms with E-state index in [1.165, 1.54) is 42.6 Å². The second-order valence-corrected chi connectivity index (χ2v) is 9.77. The number of para-hydroxylation sites is 1. The Morgan fingerprint density at radius 1 is 0.633 bits per heavy atom. The number of nitrogens with one attached hydrogen (secondary N) is 2. The SMILES string of the molecule is O=S(=O)(Nc1cccc(NS(=O)(=O)c2cccc3cccnc23)c1)c1ccccc1. The summed E-state index contributed by atoms with van der Waals surface area (Å²) in [6.45, 7) is 0. The Morgan fingerprint density at radius 2 is 1.27 bits per heavy atom. The Morgan fingerprint density at radius 3 is 2.00 bits per heavy atom. The topological polar surface area (TPSA) is 105 Å². The van der Waals surface area contributed by atoms with Gasteiger partial charge in [0.05, 0.1) is 21.8 Å². The van der Waals surface area contributed by atoms with Gasteiger partial charge in [0.15, 0.2) is 0 Å². The van der Waals surface area contributed by atoms with Crippen LogP contribution in [0.15, 0.2) is 101 Å². The summed E-state index contributed by atoms with van der Waals surface area (Å²) in [6, 6.07) is 22.4. The second-order valence-electron chi connectivity index (χ2n) is 6.44. The van der Waals surface area contributed by atoms with E-state index in [0.717, 1.165) is 0 Å². The number of fused-ring (bicyclic) bond motifs is 1. The zero-order chi connectivity index (χ0) is 21.2. The second kappa shape index (κ2) is 7.77. The molecule has 0 amide bonds. The van der Waals surface area contributed by atoms with E-state index < -0.39 is 20.0 Å². The van der Waals surface area contributed by atoms with Crippen LogP contribution in [0.25, 0.3) is 10.9 Å². The molecule has 0 aliphatic carbocycles. The zero-order valence-electron chi connectivity index (χ0n) is 15.6. The number of hydrogen-bond donors (Lipinski definition) is 2. The van der Waals surface area contributed by atoms with Crippen LogP contribution in [0.1, 0.15) is 0 Å². The lowest BCUT2D eigenvalue weighted by Gasteiger charge is -2.12. The van der Waals surface area contributed by atoms with Crippen LogP contribution in [0.2, 0.25) is 0 Å². The fourth-order valence-electron chi connectivity index (χ4n) is 2.96. The molecule has 0 bridgehead atoms. The maximum atomic E-state index is 12.9. The molecular formula is C21H17N3O4S2. The summed E-state index contributed by atoms with van der Waals surface area (Å²) in [5, 5.41) is 0.699. The van der Waals surface area contributed by atoms with Crippen LogP contribution in [0.3, 0.4) is 0 Å². The first kappa shape index (κ1) is 19.9. The Kier molecular flexibility index (Phi) is 5.15. The van der Waals surface area contributed by atoms with E-state index in [0.29, 0.717) is 10.9 Å². The molecule has 4 aromatic rings. The summed E-state index contributed by atoms with van der Waals surface area (Å²) in [6.07, 6.45) is 1.53. The predicted octanol–water partition coefficient (Wildman–Crippen LogP) is 3.84. The molecule has 7 nitrogen and oxygen atoms in total. The van der Waals surface area contributed by atoms with E-state index >= 15 is 0 Å². The van der Waals surface area contributed by atoms with Gasteiger partial charge < -0.3 is 0 Å². The number of benzene rings is 3. The van der Waals surface area contributed by atoms with Crippen LogP contribution in [-0.2, 0) is 20.0 Å². The van der Waals surface area contributed by atoms with Crippen molar-refractivity contribution >= 4 is 42.3 Å². The number of hydrogen-bond acceptors (Lipinski definition) is 5. The Bertz CT molecular complexity index is 1420. The van der Waals surface area contributed by atoms with Crippen molar-refractivity contribution in [3.05, 3.63) is 91.1 Å². The lowest BCUT2D eigenvalue weighted by atomic mass is 10.2. The maximum Gasteiger partial charge on any atom is 0.264 e. The van der Waals surface area contributed by atoms with E-state index in [4.69, 9.17) is 0 Å². The van der Waals surface area contributed by atoms with Gasteiger partial charge in [-0.2, -0.15) is 0 Å². The van der Waals surface area contributed by atoms with Crippen LogP contribution in [0, 0.1) is 0 Å². The van der Waals surface area contributed by atoms with Crippen molar-refractivity contribution in [1.82, 2.24) is 4.98 Å². The highest BCUT2D eigenvalue weighted by Gasteiger charge is 2.19. The lowest BCUT2D eigenvalue weighted by molar-refractivity contribution is 0.600. The van der Waals surface area contributed by atoms with Crippen LogP contribution < -0.4 is 9.44 Å². The molecule has 0 aliphatic rings. The largest absolute Gasteiger partial charge is 0.280 e. The molecule has 9 heteroatoms. The summed E-state index contributed by atoms with van der Waals surface area (Å²) in [4.78, 5) is 4.32. The van der Waals surface area contributed by atoms with Crippen molar-refractivity contribution in [2.75, 3.05) is 9.44 Å². The number of pyridine rings is 1. The molecule has 0 spiro atoms. The standard InChI is InChI=1S/C21H17N3O4S2/c25-29(26,19-11-2-1-3-12-19)23-17-9-5-10-18(15-17)24-30(27,28)20-13-4-7-16-8-6-14-22-21(16)20/h1-15,23-24H. The molecule has 0 fully saturated rings. The highest BCUT2D eigenvalue weighted by molar-refractivity contribution is 7.93. The number of rotatable bonds is 6. The molecule has 0 saturated heterocycles. The Balaban J connectivity index is 1.63. The summed E-state index contributed by atoms with van der Waals surface area (Å²) in [5.41, 5.74) is 0.805. The summed E-state index contributed by atoms with van der Waals surface area (Å²) in [5.74, 6) is 0. The van der Waals surface area contributed by atoms with E-state index in [2.05, 4.69) is 14.4 Å². The van der Waals surface area contributed by atoms with E-state index in [9.17, 15) is 16.8 Å². The van der Waals surface area contributed by atoms with Crippen LogP contribution >= 0.6 is 0 Å². The number of sulfonamides is 2. The smallest absolute Gasteiger partial charge is 0.264 e. The highest BCUT2D eigenvalue weighted by Crippen LogP contribution is 2.25. The minimum atomic E-state index is -3.94. The zero-order valence-corrected chi connectivity index (χ0v) is 17.2. The Labute approximate surface area is 174 Å². The van der Waals surface area contributed by atoms with Crippen LogP contribution in [0.4, 0.5) is 11.4 Å². The molecule has 1 aromatic heterocycles. The van der Waals surface area contributed by atoms with E-state index in [1.807, 2.05) is 0 Å². The molecule has 152 valence electrons. The molecule has 0 atom stereocenters. The molecule has 4 rings (SSSR count). The Hall–Kier alpha value is -3.43. The predicted molar refractivity (Wildman–Crippen MR) is 116 cm³/mol. The van der Waals surface area contributed by atoms with Gasteiger partial charge in [-0.1, -0.05) is 42.5 Å². The highest BCUT2D eigenvalue weighted by atomic mass is 32.2. The number of aromatic nitrogens is 1. The van der Waals surface area contributed by atoms with Gasteiger partial charge in [-0.05, 0) is 42.5 Å². The normalized spacial score (nSPS) is 11.9. The average molecular weight is 440 g/mol. The van der Waals surface area contributed by atoms with Gasteiger partial charge in [0.2, 0.25) is 0 Å². The monoisotopic (exact) mass is 439 g/mol. The van der Waals surface area contributed by atoms with Crippen molar-refractivity contribution in [2.45, 2.75) is 9.79 Å². The van der Waals surface area contributed by atoms with E-state index in [-0.39, 0.29) is 21.2 Å². The molecule has 2 N–H and O–H groups in total. The van der Waals surface area contributed by atoms with Crippen molar-refractivity contribution in [3.8, 4) is 0 Å². The third-order valence-electron chi connectivity index (χ3n) is 4.31. The first-order valence-corrected chi connectivity index (χ1v) is 11.9. The van der Waals surface area contributed by atoms with Gasteiger partial charge in [0.1, 0.15) is 4.90 Å². The van der Waals surface area contributed by atoms with Gasteiger partial charge in [0, 0.05) is 11.6 Å². The lowest BCUT2D eigenvalue weighted by Crippen LogP contribution is -2.15. The fraction of sp³-hybridized carbons (Fsp3) is 0. The van der Waals surface area contributed by atoms with Crippen molar-refractivity contribution in [1.29, 1.82) is 0 Å². The summed E-state index contributed by atoms with van der Waals surface area (Å²) >= 11 is 0. The summed E-state index contributed by atoms with van der Waals surface area (Å²) < 4.78 is 55.8. The molecule has 30 heavy (non-hydrogen) atoms. The van der Waals surface area contributed by atoms with Crippen LogP contribution in [0.5, 0.6) is 0 Å². The molecule has 0 unspecified atom stereocenters. The maximum absolute atomic E-state index is 12.9. The quantitative estimate of drug-likeness (QED) is 0.475. The summed E-state index contributed by atoms with van der Waals surface area (Å²) in [7, 11) is -7.73. The van der Waals surface area contributed by atoms with Gasteiger partial charge in [-0.3, -0.25) is 14.4 Å². The van der Waals surface area contributed by atoms with Gasteiger partial charge in [0.25, 0.3) is 20.0 Å². The first-order chi connectivity index (χ1) is 14.4. The van der Waals surface area contributed by atoms with Crippen molar-refractivity contribution < 1.29 is 16.8 Å². The third-order valence-corrected chi connectivity index (χ3v) is 7.12. The fourth-order valence-corrected chi connectivity index (χ4v) is 5.26. The average Bonchev–Trinajstić information content (AvgIpc) is 2.73. The number of nitrogens with zero attached hydrogens (tertiary/aromatic N) is 1.